The summed E-state index contributed by atoms with van der Waals surface area (Å²) >= 11 is 0. The Bertz CT molecular complexity index is 1340. The number of nitrogens with two attached hydrogens (primary N) is 2. The number of hydrogen-bond acceptors (Lipinski definition) is 7. The smallest absolute Gasteiger partial charge is 0.303 e. The standard InChI is InChI=1S/C29H29N3O3.C4H9NO/c30-23-14-11-20(12-15-23)10-13-22-18-27(29(35)25(31)16-17-28(33)34)32(19-21-6-2-1-3-7-21)26-9-5-4-8-24(22)26;1-3-6-4-2-5-1/h1-15,18,25,27H,16-17,19,30-31H2,(H,33,34);5H,1-4H2. The van der Waals surface area contributed by atoms with Gasteiger partial charge in [-0.05, 0) is 47.4 Å². The molecular formula is C33H38N4O4. The van der Waals surface area contributed by atoms with Crippen LogP contribution >= 0.6 is 0 Å². The molecule has 2 heterocycles. The Balaban J connectivity index is 0.000000572. The zero-order chi connectivity index (χ0) is 29.0. The van der Waals surface area contributed by atoms with Gasteiger partial charge in [0.1, 0.15) is 6.04 Å². The van der Waals surface area contributed by atoms with Gasteiger partial charge in [0.2, 0.25) is 0 Å². The third-order valence-corrected chi connectivity index (χ3v) is 6.96. The summed E-state index contributed by atoms with van der Waals surface area (Å²) in [5, 5.41) is 12.2. The predicted molar refractivity (Wildman–Crippen MR) is 164 cm³/mol. The average molecular weight is 555 g/mol. The molecule has 1 saturated heterocycles. The number of nitrogens with one attached hydrogen (secondary N) is 1. The number of hydrogen-bond donors (Lipinski definition) is 4. The first-order chi connectivity index (χ1) is 19.9. The van der Waals surface area contributed by atoms with Gasteiger partial charge in [-0.2, -0.15) is 0 Å². The zero-order valence-corrected chi connectivity index (χ0v) is 23.1. The molecule has 2 atom stereocenters. The molecule has 1 fully saturated rings. The summed E-state index contributed by atoms with van der Waals surface area (Å²) < 4.78 is 5.01. The number of nitrogen functional groups attached to an aromatic ring is 1. The summed E-state index contributed by atoms with van der Waals surface area (Å²) in [6, 6.07) is 24.0. The molecule has 0 spiro atoms. The van der Waals surface area contributed by atoms with Gasteiger partial charge in [0.25, 0.3) is 0 Å². The molecule has 8 heteroatoms. The number of benzene rings is 3. The van der Waals surface area contributed by atoms with Crippen molar-refractivity contribution >= 4 is 34.8 Å². The van der Waals surface area contributed by atoms with E-state index >= 15 is 0 Å². The minimum Gasteiger partial charge on any atom is -0.481 e. The van der Waals surface area contributed by atoms with Crippen molar-refractivity contribution in [2.75, 3.05) is 36.9 Å². The van der Waals surface area contributed by atoms with E-state index in [0.29, 0.717) is 12.2 Å². The Kier molecular flexibility index (Phi) is 10.8. The second-order valence-electron chi connectivity index (χ2n) is 10.0. The molecule has 214 valence electrons. The number of rotatable bonds is 9. The molecule has 3 aromatic carbocycles. The molecule has 2 unspecified atom stereocenters. The molecule has 0 bridgehead atoms. The Morgan fingerprint density at radius 3 is 2.29 bits per heavy atom. The van der Waals surface area contributed by atoms with Gasteiger partial charge in [0.05, 0.1) is 19.3 Å². The summed E-state index contributed by atoms with van der Waals surface area (Å²) in [5.41, 5.74) is 17.6. The number of anilines is 2. The highest BCUT2D eigenvalue weighted by molar-refractivity contribution is 6.00. The Morgan fingerprint density at radius 1 is 0.976 bits per heavy atom. The Hall–Kier alpha value is -4.24. The predicted octanol–water partition coefficient (Wildman–Crippen LogP) is 4.12. The van der Waals surface area contributed by atoms with E-state index in [1.54, 1.807) is 0 Å². The van der Waals surface area contributed by atoms with Crippen LogP contribution in [0.4, 0.5) is 11.4 Å². The molecule has 2 aliphatic rings. The van der Waals surface area contributed by atoms with Crippen molar-refractivity contribution in [2.45, 2.75) is 31.5 Å². The lowest BCUT2D eigenvalue weighted by atomic mass is 9.89. The number of carbonyl (C=O) groups is 2. The molecular weight excluding hydrogens is 516 g/mol. The molecule has 0 aromatic heterocycles. The maximum absolute atomic E-state index is 13.5. The SMILES string of the molecule is C1COCCN1.Nc1ccc(C=CC2=CC(C(=O)C(N)CCC(=O)O)N(Cc3ccccc3)c3ccccc32)cc1. The van der Waals surface area contributed by atoms with Crippen LogP contribution in [0.15, 0.2) is 91.0 Å². The number of Topliss-reactive ketones (excluding diaryl/α,β-unsaturated/α-hetero) is 1. The van der Waals surface area contributed by atoms with Gasteiger partial charge in [0, 0.05) is 43.0 Å². The van der Waals surface area contributed by atoms with Crippen LogP contribution in [0, 0.1) is 0 Å². The van der Waals surface area contributed by atoms with Gasteiger partial charge in [-0.1, -0.05) is 72.8 Å². The van der Waals surface area contributed by atoms with E-state index in [0.717, 1.165) is 54.3 Å². The van der Waals surface area contributed by atoms with E-state index in [1.807, 2.05) is 102 Å². The maximum Gasteiger partial charge on any atom is 0.303 e. The molecule has 3 aromatic rings. The van der Waals surface area contributed by atoms with E-state index in [1.165, 1.54) is 0 Å². The van der Waals surface area contributed by atoms with Crippen LogP contribution in [-0.4, -0.2) is 55.2 Å². The number of nitrogens with zero attached hydrogens (tertiary/aromatic N) is 1. The Labute approximate surface area is 241 Å². The number of aliphatic carboxylic acids is 1. The fourth-order valence-corrected chi connectivity index (χ4v) is 4.76. The number of carboxylic acid groups (broad SMARTS) is 1. The average Bonchev–Trinajstić information content (AvgIpc) is 3.01. The minimum atomic E-state index is -0.967. The van der Waals surface area contributed by atoms with Crippen molar-refractivity contribution in [2.24, 2.45) is 5.73 Å². The van der Waals surface area contributed by atoms with E-state index < -0.39 is 18.1 Å². The normalized spacial score (nSPS) is 17.1. The topological polar surface area (TPSA) is 131 Å². The van der Waals surface area contributed by atoms with E-state index in [4.69, 9.17) is 21.3 Å². The first kappa shape index (κ1) is 29.7. The second kappa shape index (κ2) is 14.9. The van der Waals surface area contributed by atoms with Crippen molar-refractivity contribution in [3.63, 3.8) is 0 Å². The lowest BCUT2D eigenvalue weighted by Crippen LogP contribution is -2.49. The van der Waals surface area contributed by atoms with Gasteiger partial charge in [-0.3, -0.25) is 9.59 Å². The van der Waals surface area contributed by atoms with Gasteiger partial charge < -0.3 is 31.5 Å². The molecule has 0 saturated carbocycles. The highest BCUT2D eigenvalue weighted by Gasteiger charge is 2.33. The van der Waals surface area contributed by atoms with Crippen LogP contribution in [-0.2, 0) is 20.9 Å². The largest absolute Gasteiger partial charge is 0.481 e. The number of ether oxygens (including phenoxy) is 1. The van der Waals surface area contributed by atoms with Crippen molar-refractivity contribution in [3.8, 4) is 0 Å². The summed E-state index contributed by atoms with van der Waals surface area (Å²) in [4.78, 5) is 26.6. The molecule has 41 heavy (non-hydrogen) atoms. The summed E-state index contributed by atoms with van der Waals surface area (Å²) in [6.45, 7) is 4.35. The molecule has 8 nitrogen and oxygen atoms in total. The number of para-hydroxylation sites is 1. The highest BCUT2D eigenvalue weighted by atomic mass is 16.5. The third kappa shape index (κ3) is 8.62. The van der Waals surface area contributed by atoms with Crippen LogP contribution in [0.3, 0.4) is 0 Å². The van der Waals surface area contributed by atoms with E-state index in [-0.39, 0.29) is 18.6 Å². The lowest BCUT2D eigenvalue weighted by Gasteiger charge is -2.37. The fraction of sp³-hybridized carbons (Fsp3) is 0.273. The number of fused-ring (bicyclic) bond motifs is 1. The van der Waals surface area contributed by atoms with E-state index in [2.05, 4.69) is 5.32 Å². The summed E-state index contributed by atoms with van der Waals surface area (Å²) in [5.74, 6) is -1.17. The first-order valence-corrected chi connectivity index (χ1v) is 13.9. The quantitative estimate of drug-likeness (QED) is 0.291. The maximum atomic E-state index is 13.5. The zero-order valence-electron chi connectivity index (χ0n) is 23.1. The molecule has 0 radical (unpaired) electrons. The Morgan fingerprint density at radius 2 is 1.66 bits per heavy atom. The molecule has 0 aliphatic carbocycles. The number of allylic oxidation sites excluding steroid dienone is 2. The van der Waals surface area contributed by atoms with Gasteiger partial charge in [-0.25, -0.2) is 0 Å². The van der Waals surface area contributed by atoms with Gasteiger partial charge >= 0.3 is 5.97 Å². The molecule has 6 N–H and O–H groups in total. The third-order valence-electron chi connectivity index (χ3n) is 6.96. The summed E-state index contributed by atoms with van der Waals surface area (Å²) in [7, 11) is 0. The molecule has 0 amide bonds. The van der Waals surface area contributed by atoms with Crippen LogP contribution in [0.25, 0.3) is 11.6 Å². The second-order valence-corrected chi connectivity index (χ2v) is 10.0. The van der Waals surface area contributed by atoms with Crippen molar-refractivity contribution in [1.29, 1.82) is 0 Å². The van der Waals surface area contributed by atoms with Crippen LogP contribution in [0.1, 0.15) is 29.5 Å². The first-order valence-electron chi connectivity index (χ1n) is 13.9. The van der Waals surface area contributed by atoms with Crippen LogP contribution in [0.2, 0.25) is 0 Å². The molecule has 2 aliphatic heterocycles. The van der Waals surface area contributed by atoms with E-state index in [9.17, 15) is 9.59 Å². The number of ketones is 1. The van der Waals surface area contributed by atoms with Crippen LogP contribution in [0.5, 0.6) is 0 Å². The molecule has 5 rings (SSSR count). The minimum absolute atomic E-state index is 0.0932. The number of carboxylic acids is 1. The van der Waals surface area contributed by atoms with Crippen molar-refractivity contribution < 1.29 is 19.4 Å². The summed E-state index contributed by atoms with van der Waals surface area (Å²) in [6.07, 6.45) is 5.86. The monoisotopic (exact) mass is 554 g/mol. The highest BCUT2D eigenvalue weighted by Crippen LogP contribution is 2.37. The van der Waals surface area contributed by atoms with Crippen molar-refractivity contribution in [1.82, 2.24) is 5.32 Å². The van der Waals surface area contributed by atoms with Crippen LogP contribution < -0.4 is 21.7 Å². The fourth-order valence-electron chi connectivity index (χ4n) is 4.76. The van der Waals surface area contributed by atoms with Crippen molar-refractivity contribution in [3.05, 3.63) is 108 Å². The number of morpholine rings is 1. The van der Waals surface area contributed by atoms with Gasteiger partial charge in [-0.15, -0.1) is 0 Å². The van der Waals surface area contributed by atoms with Gasteiger partial charge in [0.15, 0.2) is 5.78 Å². The lowest BCUT2D eigenvalue weighted by molar-refractivity contribution is -0.137. The number of carbonyl (C=O) groups excluding carboxylic acids is 1.